The van der Waals surface area contributed by atoms with Gasteiger partial charge in [0.1, 0.15) is 9.39 Å². The Bertz CT molecular complexity index is 632. The Morgan fingerprint density at radius 3 is 2.83 bits per heavy atom. The van der Waals surface area contributed by atoms with Crippen LogP contribution >= 0.6 is 22.6 Å². The van der Waals surface area contributed by atoms with Crippen LogP contribution in [0.1, 0.15) is 11.4 Å². The van der Waals surface area contributed by atoms with E-state index in [4.69, 9.17) is 4.74 Å². The van der Waals surface area contributed by atoms with Gasteiger partial charge in [0.15, 0.2) is 0 Å². The van der Waals surface area contributed by atoms with Gasteiger partial charge in [0.2, 0.25) is 0 Å². The maximum atomic E-state index is 11.8. The standard InChI is InChI=1S/C11H13IN4O2/c1-6-7(4-16(2)15-6)10-13-8(5-18-3)9(12)11(17)14-10/h4H,5H2,1-3H3,(H,13,14,17). The van der Waals surface area contributed by atoms with Gasteiger partial charge in [0.05, 0.1) is 23.6 Å². The molecule has 96 valence electrons. The summed E-state index contributed by atoms with van der Waals surface area (Å²) in [6.45, 7) is 2.19. The van der Waals surface area contributed by atoms with Crippen molar-refractivity contribution in [3.8, 4) is 11.4 Å². The Morgan fingerprint density at radius 1 is 1.56 bits per heavy atom. The highest BCUT2D eigenvalue weighted by atomic mass is 127. The molecule has 1 N–H and O–H groups in total. The first kappa shape index (κ1) is 13.2. The van der Waals surface area contributed by atoms with E-state index >= 15 is 0 Å². The molecule has 0 fully saturated rings. The van der Waals surface area contributed by atoms with Crippen molar-refractivity contribution >= 4 is 22.6 Å². The summed E-state index contributed by atoms with van der Waals surface area (Å²) >= 11 is 1.97. The van der Waals surface area contributed by atoms with Crippen LogP contribution in [0.2, 0.25) is 0 Å². The summed E-state index contributed by atoms with van der Waals surface area (Å²) in [5.74, 6) is 0.526. The summed E-state index contributed by atoms with van der Waals surface area (Å²) in [5.41, 5.74) is 2.13. The third kappa shape index (κ3) is 2.46. The monoisotopic (exact) mass is 360 g/mol. The lowest BCUT2D eigenvalue weighted by Crippen LogP contribution is -2.16. The lowest BCUT2D eigenvalue weighted by Gasteiger charge is -2.05. The average molecular weight is 360 g/mol. The van der Waals surface area contributed by atoms with Crippen molar-refractivity contribution in [3.63, 3.8) is 0 Å². The minimum Gasteiger partial charge on any atom is -0.378 e. The molecule has 18 heavy (non-hydrogen) atoms. The molecule has 0 amide bonds. The third-order valence-corrected chi connectivity index (χ3v) is 3.59. The summed E-state index contributed by atoms with van der Waals surface area (Å²) in [6.07, 6.45) is 1.83. The first-order valence-corrected chi connectivity index (χ1v) is 6.39. The molecule has 0 radical (unpaired) electrons. The van der Waals surface area contributed by atoms with Crippen molar-refractivity contribution in [1.82, 2.24) is 19.7 Å². The third-order valence-electron chi connectivity index (χ3n) is 2.48. The normalized spacial score (nSPS) is 10.9. The maximum absolute atomic E-state index is 11.8. The van der Waals surface area contributed by atoms with Crippen LogP contribution in [0.15, 0.2) is 11.0 Å². The number of nitrogens with zero attached hydrogens (tertiary/aromatic N) is 3. The number of methoxy groups -OCH3 is 1. The van der Waals surface area contributed by atoms with E-state index in [1.54, 1.807) is 11.8 Å². The Balaban J connectivity index is 2.59. The van der Waals surface area contributed by atoms with Gasteiger partial charge in [0, 0.05) is 20.4 Å². The molecule has 0 aliphatic carbocycles. The van der Waals surface area contributed by atoms with E-state index in [0.29, 0.717) is 21.7 Å². The number of aromatic nitrogens is 4. The van der Waals surface area contributed by atoms with E-state index in [2.05, 4.69) is 15.1 Å². The molecular formula is C11H13IN4O2. The minimum absolute atomic E-state index is 0.157. The Morgan fingerprint density at radius 2 is 2.28 bits per heavy atom. The number of hydrogen-bond donors (Lipinski definition) is 1. The van der Waals surface area contributed by atoms with E-state index in [0.717, 1.165) is 11.3 Å². The molecule has 0 atom stereocenters. The molecule has 2 heterocycles. The van der Waals surface area contributed by atoms with E-state index in [1.165, 1.54) is 0 Å². The second-order valence-electron chi connectivity index (χ2n) is 3.91. The molecule has 2 aromatic heterocycles. The smallest absolute Gasteiger partial charge is 0.264 e. The maximum Gasteiger partial charge on any atom is 0.264 e. The summed E-state index contributed by atoms with van der Waals surface area (Å²) in [6, 6.07) is 0. The molecular weight excluding hydrogens is 347 g/mol. The van der Waals surface area contributed by atoms with Gasteiger partial charge in [-0.1, -0.05) is 0 Å². The van der Waals surface area contributed by atoms with Gasteiger partial charge < -0.3 is 9.72 Å². The Labute approximate surface area is 118 Å². The van der Waals surface area contributed by atoms with Crippen molar-refractivity contribution in [2.75, 3.05) is 7.11 Å². The Kier molecular flexibility index (Phi) is 3.81. The first-order chi connectivity index (χ1) is 8.52. The number of hydrogen-bond acceptors (Lipinski definition) is 4. The summed E-state index contributed by atoms with van der Waals surface area (Å²) in [5, 5.41) is 4.24. The number of aromatic amines is 1. The number of ether oxygens (including phenoxy) is 1. The molecule has 0 saturated heterocycles. The van der Waals surface area contributed by atoms with Gasteiger partial charge in [-0.25, -0.2) is 4.98 Å². The number of nitrogens with one attached hydrogen (secondary N) is 1. The van der Waals surface area contributed by atoms with E-state index < -0.39 is 0 Å². The van der Waals surface area contributed by atoms with Gasteiger partial charge in [-0.3, -0.25) is 9.48 Å². The molecule has 7 heteroatoms. The molecule has 0 aliphatic heterocycles. The van der Waals surface area contributed by atoms with Crippen LogP contribution < -0.4 is 5.56 Å². The average Bonchev–Trinajstić information content (AvgIpc) is 2.64. The van der Waals surface area contributed by atoms with Gasteiger partial charge >= 0.3 is 0 Å². The molecule has 0 spiro atoms. The zero-order valence-electron chi connectivity index (χ0n) is 10.3. The fourth-order valence-corrected chi connectivity index (χ4v) is 2.11. The summed E-state index contributed by atoms with van der Waals surface area (Å²) < 4.78 is 7.30. The topological polar surface area (TPSA) is 72.8 Å². The van der Waals surface area contributed by atoms with Gasteiger partial charge in [0.25, 0.3) is 5.56 Å². The highest BCUT2D eigenvalue weighted by molar-refractivity contribution is 14.1. The number of halogens is 1. The molecule has 0 bridgehead atoms. The van der Waals surface area contributed by atoms with Crippen molar-refractivity contribution < 1.29 is 4.74 Å². The van der Waals surface area contributed by atoms with Crippen LogP contribution in [0.5, 0.6) is 0 Å². The van der Waals surface area contributed by atoms with Crippen LogP contribution in [-0.4, -0.2) is 26.9 Å². The molecule has 2 rings (SSSR count). The minimum atomic E-state index is -0.157. The molecule has 0 aromatic carbocycles. The summed E-state index contributed by atoms with van der Waals surface area (Å²) in [7, 11) is 3.41. The van der Waals surface area contributed by atoms with E-state index in [9.17, 15) is 4.79 Å². The predicted molar refractivity (Wildman–Crippen MR) is 75.2 cm³/mol. The number of H-pyrrole nitrogens is 1. The van der Waals surface area contributed by atoms with Crippen LogP contribution in [0.4, 0.5) is 0 Å². The highest BCUT2D eigenvalue weighted by Crippen LogP contribution is 2.18. The van der Waals surface area contributed by atoms with Gasteiger partial charge in [-0.15, -0.1) is 0 Å². The van der Waals surface area contributed by atoms with Crippen LogP contribution in [0, 0.1) is 10.5 Å². The second kappa shape index (κ2) is 5.19. The quantitative estimate of drug-likeness (QED) is 0.836. The fourth-order valence-electron chi connectivity index (χ4n) is 1.70. The molecule has 0 aliphatic rings. The van der Waals surface area contributed by atoms with E-state index in [1.807, 2.05) is 42.8 Å². The fraction of sp³-hybridized carbons (Fsp3) is 0.364. The van der Waals surface area contributed by atoms with Crippen LogP contribution in [0.3, 0.4) is 0 Å². The van der Waals surface area contributed by atoms with Gasteiger partial charge in [-0.05, 0) is 29.5 Å². The van der Waals surface area contributed by atoms with E-state index in [-0.39, 0.29) is 5.56 Å². The number of aryl methyl sites for hydroxylation is 2. The number of rotatable bonds is 3. The molecule has 0 unspecified atom stereocenters. The largest absolute Gasteiger partial charge is 0.378 e. The zero-order valence-corrected chi connectivity index (χ0v) is 12.5. The van der Waals surface area contributed by atoms with Crippen LogP contribution in [-0.2, 0) is 18.4 Å². The summed E-state index contributed by atoms with van der Waals surface area (Å²) in [4.78, 5) is 19.0. The highest BCUT2D eigenvalue weighted by Gasteiger charge is 2.13. The van der Waals surface area contributed by atoms with Crippen molar-refractivity contribution in [2.24, 2.45) is 7.05 Å². The first-order valence-electron chi connectivity index (χ1n) is 5.31. The van der Waals surface area contributed by atoms with Crippen molar-refractivity contribution in [1.29, 1.82) is 0 Å². The lowest BCUT2D eigenvalue weighted by molar-refractivity contribution is 0.180. The van der Waals surface area contributed by atoms with Crippen LogP contribution in [0.25, 0.3) is 11.4 Å². The predicted octanol–water partition coefficient (Wildman–Crippen LogP) is 1.23. The Hall–Kier alpha value is -1.22. The second-order valence-corrected chi connectivity index (χ2v) is 4.99. The lowest BCUT2D eigenvalue weighted by atomic mass is 10.2. The molecule has 0 saturated carbocycles. The molecule has 6 nitrogen and oxygen atoms in total. The zero-order chi connectivity index (χ0) is 13.3. The SMILES string of the molecule is COCc1nc(-c2cn(C)nc2C)[nH]c(=O)c1I. The van der Waals surface area contributed by atoms with Crippen molar-refractivity contribution in [3.05, 3.63) is 31.5 Å². The van der Waals surface area contributed by atoms with Crippen molar-refractivity contribution in [2.45, 2.75) is 13.5 Å². The molecule has 2 aromatic rings. The van der Waals surface area contributed by atoms with Gasteiger partial charge in [-0.2, -0.15) is 5.10 Å².